The predicted molar refractivity (Wildman–Crippen MR) is 77.8 cm³/mol. The van der Waals surface area contributed by atoms with Crippen molar-refractivity contribution in [3.63, 3.8) is 0 Å². The highest BCUT2D eigenvalue weighted by Gasteiger charge is 2.18. The molecule has 2 rings (SSSR count). The molecule has 2 nitrogen and oxygen atoms in total. The summed E-state index contributed by atoms with van der Waals surface area (Å²) in [5, 5.41) is 3.47. The zero-order valence-electron chi connectivity index (χ0n) is 11.0. The van der Waals surface area contributed by atoms with Gasteiger partial charge in [-0.1, -0.05) is 35.0 Å². The minimum atomic E-state index is 0.0960. The van der Waals surface area contributed by atoms with Gasteiger partial charge in [-0.2, -0.15) is 0 Å². The fraction of sp³-hybridized carbons (Fsp3) is 0.333. The molecule has 0 saturated heterocycles. The predicted octanol–water partition coefficient (Wildman–Crippen LogP) is 4.36. The van der Waals surface area contributed by atoms with Crippen molar-refractivity contribution in [1.29, 1.82) is 0 Å². The molecule has 1 heterocycles. The molecule has 0 bridgehead atoms. The van der Waals surface area contributed by atoms with E-state index in [0.29, 0.717) is 0 Å². The summed E-state index contributed by atoms with van der Waals surface area (Å²) in [6.45, 7) is 7.06. The van der Waals surface area contributed by atoms with E-state index in [1.165, 1.54) is 11.1 Å². The van der Waals surface area contributed by atoms with Gasteiger partial charge in [0, 0.05) is 4.47 Å². The minimum absolute atomic E-state index is 0.0960. The third-order valence-electron chi connectivity index (χ3n) is 2.92. The van der Waals surface area contributed by atoms with Crippen LogP contribution >= 0.6 is 15.9 Å². The molecular formula is C15H18BrNO. The van der Waals surface area contributed by atoms with Crippen LogP contribution < -0.4 is 5.32 Å². The van der Waals surface area contributed by atoms with Gasteiger partial charge in [-0.25, -0.2) is 0 Å². The smallest absolute Gasteiger partial charge is 0.125 e. The van der Waals surface area contributed by atoms with Gasteiger partial charge in [0.15, 0.2) is 0 Å². The van der Waals surface area contributed by atoms with Crippen molar-refractivity contribution in [2.75, 3.05) is 6.54 Å². The Labute approximate surface area is 117 Å². The number of aryl methyl sites for hydroxylation is 2. The Morgan fingerprint density at radius 2 is 2.00 bits per heavy atom. The molecule has 1 aromatic heterocycles. The minimum Gasteiger partial charge on any atom is -0.464 e. The van der Waals surface area contributed by atoms with E-state index in [1.807, 2.05) is 19.1 Å². The lowest BCUT2D eigenvalue weighted by atomic mass is 10.0. The first-order valence-electron chi connectivity index (χ1n) is 6.17. The number of rotatable bonds is 4. The van der Waals surface area contributed by atoms with Crippen molar-refractivity contribution in [3.8, 4) is 0 Å². The van der Waals surface area contributed by atoms with E-state index in [2.05, 4.69) is 53.3 Å². The van der Waals surface area contributed by atoms with Crippen LogP contribution in [0.3, 0.4) is 0 Å². The fourth-order valence-corrected chi connectivity index (χ4v) is 2.76. The number of furan rings is 1. The molecule has 0 amide bonds. The average Bonchev–Trinajstić information content (AvgIpc) is 2.73. The molecule has 1 atom stereocenters. The summed E-state index contributed by atoms with van der Waals surface area (Å²) < 4.78 is 6.87. The Morgan fingerprint density at radius 1 is 1.22 bits per heavy atom. The van der Waals surface area contributed by atoms with E-state index < -0.39 is 0 Å². The molecule has 1 aromatic carbocycles. The van der Waals surface area contributed by atoms with Gasteiger partial charge in [-0.05, 0) is 49.7 Å². The Bertz CT molecular complexity index is 533. The van der Waals surface area contributed by atoms with E-state index in [9.17, 15) is 0 Å². The van der Waals surface area contributed by atoms with Crippen LogP contribution in [0.1, 0.15) is 35.6 Å². The standard InChI is InChI=1S/C15H18BrNO/c1-4-17-15(14-8-6-11(3)18-14)12-7-5-10(2)9-13(12)16/h5-9,15,17H,4H2,1-3H3. The van der Waals surface area contributed by atoms with E-state index in [1.54, 1.807) is 0 Å². The van der Waals surface area contributed by atoms with Gasteiger partial charge in [0.2, 0.25) is 0 Å². The Hall–Kier alpha value is -1.06. The molecule has 0 spiro atoms. The van der Waals surface area contributed by atoms with Crippen LogP contribution in [0.4, 0.5) is 0 Å². The number of hydrogen-bond acceptors (Lipinski definition) is 2. The highest BCUT2D eigenvalue weighted by Crippen LogP contribution is 2.30. The van der Waals surface area contributed by atoms with Crippen molar-refractivity contribution in [2.24, 2.45) is 0 Å². The molecule has 18 heavy (non-hydrogen) atoms. The lowest BCUT2D eigenvalue weighted by Gasteiger charge is -2.18. The second kappa shape index (κ2) is 5.72. The Morgan fingerprint density at radius 3 is 2.56 bits per heavy atom. The first-order valence-corrected chi connectivity index (χ1v) is 6.97. The molecule has 1 N–H and O–H groups in total. The van der Waals surface area contributed by atoms with Crippen molar-refractivity contribution < 1.29 is 4.42 Å². The third-order valence-corrected chi connectivity index (χ3v) is 3.61. The molecule has 0 aliphatic rings. The topological polar surface area (TPSA) is 25.2 Å². The van der Waals surface area contributed by atoms with E-state index >= 15 is 0 Å². The summed E-state index contributed by atoms with van der Waals surface area (Å²) in [4.78, 5) is 0. The van der Waals surface area contributed by atoms with Gasteiger partial charge in [-0.15, -0.1) is 0 Å². The molecule has 3 heteroatoms. The first-order chi connectivity index (χ1) is 8.61. The highest BCUT2D eigenvalue weighted by molar-refractivity contribution is 9.10. The number of benzene rings is 1. The summed E-state index contributed by atoms with van der Waals surface area (Å²) >= 11 is 3.64. The van der Waals surface area contributed by atoms with Crippen molar-refractivity contribution in [1.82, 2.24) is 5.32 Å². The molecule has 2 aromatic rings. The van der Waals surface area contributed by atoms with Gasteiger partial charge in [0.05, 0.1) is 6.04 Å². The molecule has 0 saturated carbocycles. The van der Waals surface area contributed by atoms with Crippen LogP contribution in [-0.2, 0) is 0 Å². The van der Waals surface area contributed by atoms with Gasteiger partial charge >= 0.3 is 0 Å². The van der Waals surface area contributed by atoms with Crippen molar-refractivity contribution >= 4 is 15.9 Å². The van der Waals surface area contributed by atoms with E-state index in [4.69, 9.17) is 4.42 Å². The van der Waals surface area contributed by atoms with Gasteiger partial charge in [0.25, 0.3) is 0 Å². The van der Waals surface area contributed by atoms with E-state index in [0.717, 1.165) is 22.5 Å². The summed E-state index contributed by atoms with van der Waals surface area (Å²) in [7, 11) is 0. The summed E-state index contributed by atoms with van der Waals surface area (Å²) in [5.41, 5.74) is 2.45. The van der Waals surface area contributed by atoms with E-state index in [-0.39, 0.29) is 6.04 Å². The maximum atomic E-state index is 5.75. The quantitative estimate of drug-likeness (QED) is 0.908. The zero-order chi connectivity index (χ0) is 13.1. The molecule has 0 aliphatic carbocycles. The third kappa shape index (κ3) is 2.85. The summed E-state index contributed by atoms with van der Waals surface area (Å²) in [6.07, 6.45) is 0. The number of nitrogens with one attached hydrogen (secondary N) is 1. The molecule has 0 fully saturated rings. The monoisotopic (exact) mass is 307 g/mol. The second-order valence-corrected chi connectivity index (χ2v) is 5.32. The Kier molecular flexibility index (Phi) is 4.25. The van der Waals surface area contributed by atoms with Crippen molar-refractivity contribution in [2.45, 2.75) is 26.8 Å². The maximum absolute atomic E-state index is 5.75. The normalized spacial score (nSPS) is 12.7. The lowest BCUT2D eigenvalue weighted by Crippen LogP contribution is -2.21. The molecule has 0 aliphatic heterocycles. The molecule has 96 valence electrons. The highest BCUT2D eigenvalue weighted by atomic mass is 79.9. The van der Waals surface area contributed by atoms with Crippen LogP contribution in [0.15, 0.2) is 39.2 Å². The molecule has 0 radical (unpaired) electrons. The van der Waals surface area contributed by atoms with Gasteiger partial charge < -0.3 is 9.73 Å². The number of hydrogen-bond donors (Lipinski definition) is 1. The first kappa shape index (κ1) is 13.4. The van der Waals surface area contributed by atoms with Crippen LogP contribution in [0, 0.1) is 13.8 Å². The van der Waals surface area contributed by atoms with Crippen LogP contribution in [-0.4, -0.2) is 6.54 Å². The van der Waals surface area contributed by atoms with Gasteiger partial charge in [0.1, 0.15) is 11.5 Å². The van der Waals surface area contributed by atoms with Crippen LogP contribution in [0.2, 0.25) is 0 Å². The maximum Gasteiger partial charge on any atom is 0.125 e. The largest absolute Gasteiger partial charge is 0.464 e. The van der Waals surface area contributed by atoms with Crippen molar-refractivity contribution in [3.05, 3.63) is 57.5 Å². The zero-order valence-corrected chi connectivity index (χ0v) is 12.5. The molecular weight excluding hydrogens is 290 g/mol. The van der Waals surface area contributed by atoms with Crippen LogP contribution in [0.5, 0.6) is 0 Å². The fourth-order valence-electron chi connectivity index (χ4n) is 2.04. The summed E-state index contributed by atoms with van der Waals surface area (Å²) in [5.74, 6) is 1.90. The average molecular weight is 308 g/mol. The van der Waals surface area contributed by atoms with Crippen LogP contribution in [0.25, 0.3) is 0 Å². The second-order valence-electron chi connectivity index (χ2n) is 4.46. The molecule has 1 unspecified atom stereocenters. The summed E-state index contributed by atoms with van der Waals surface area (Å²) in [6, 6.07) is 10.5. The number of halogens is 1. The SMILES string of the molecule is CCNC(c1ccc(C)o1)c1ccc(C)cc1Br. The Balaban J connectivity index is 2.41. The lowest BCUT2D eigenvalue weighted by molar-refractivity contribution is 0.434. The van der Waals surface area contributed by atoms with Gasteiger partial charge in [-0.3, -0.25) is 0 Å².